The third-order valence-electron chi connectivity index (χ3n) is 9.37. The van der Waals surface area contributed by atoms with Crippen LogP contribution in [0.25, 0.3) is 0 Å². The fraction of sp³-hybridized carbons (Fsp3) is 0.0476. The first-order chi connectivity index (χ1) is 26.5. The third-order valence-corrected chi connectivity index (χ3v) is 9.37. The van der Waals surface area contributed by atoms with Gasteiger partial charge >= 0.3 is 0 Å². The second-order valence-corrected chi connectivity index (χ2v) is 13.0. The van der Waals surface area contributed by atoms with Crippen LogP contribution in [0, 0.1) is 0 Å². The van der Waals surface area contributed by atoms with Gasteiger partial charge in [0.2, 0.25) is 0 Å². The van der Waals surface area contributed by atoms with Gasteiger partial charge in [-0.25, -0.2) is 14.8 Å². The minimum absolute atomic E-state index is 0.0193. The molecule has 13 heteroatoms. The van der Waals surface area contributed by atoms with Crippen molar-refractivity contribution in [3.63, 3.8) is 0 Å². The Morgan fingerprint density at radius 1 is 0.545 bits per heavy atom. The maximum Gasteiger partial charge on any atom is 0.266 e. The minimum Gasteiger partial charge on any atom is -0.397 e. The Kier molecular flexibility index (Phi) is 8.50. The van der Waals surface area contributed by atoms with E-state index in [1.807, 2.05) is 12.1 Å². The van der Waals surface area contributed by atoms with Crippen LogP contribution in [0.5, 0.6) is 0 Å². The van der Waals surface area contributed by atoms with Gasteiger partial charge in [-0.2, -0.15) is 0 Å². The van der Waals surface area contributed by atoms with Crippen LogP contribution >= 0.6 is 0 Å². The number of nitrogens with zero attached hydrogens (tertiary/aromatic N) is 4. The highest BCUT2D eigenvalue weighted by Gasteiger charge is 2.38. The lowest BCUT2D eigenvalue weighted by atomic mass is 10.0. The van der Waals surface area contributed by atoms with E-state index in [9.17, 15) is 28.8 Å². The van der Waals surface area contributed by atoms with Gasteiger partial charge in [-0.15, -0.1) is 0 Å². The molecule has 0 unspecified atom stereocenters. The third kappa shape index (κ3) is 6.46. The van der Waals surface area contributed by atoms with Crippen LogP contribution in [0.3, 0.4) is 0 Å². The number of nitrogens with two attached hydrogens (primary N) is 2. The molecule has 6 aromatic rings. The van der Waals surface area contributed by atoms with Crippen LogP contribution in [-0.2, 0) is 12.8 Å². The first kappa shape index (κ1) is 34.3. The Morgan fingerprint density at radius 2 is 1.04 bits per heavy atom. The van der Waals surface area contributed by atoms with Gasteiger partial charge in [0.25, 0.3) is 29.5 Å². The molecule has 0 atom stereocenters. The molecule has 13 nitrogen and oxygen atoms in total. The zero-order chi connectivity index (χ0) is 38.4. The van der Waals surface area contributed by atoms with Gasteiger partial charge in [0, 0.05) is 16.8 Å². The van der Waals surface area contributed by atoms with Gasteiger partial charge < -0.3 is 16.8 Å². The molecule has 2 aliphatic heterocycles. The van der Waals surface area contributed by atoms with Crippen LogP contribution in [0.4, 0.5) is 28.6 Å². The van der Waals surface area contributed by atoms with Gasteiger partial charge in [-0.05, 0) is 96.4 Å². The van der Waals surface area contributed by atoms with Crippen molar-refractivity contribution in [2.24, 2.45) is 0 Å². The quantitative estimate of drug-likeness (QED) is 0.126. The van der Waals surface area contributed by atoms with Crippen molar-refractivity contribution in [1.82, 2.24) is 9.97 Å². The average molecular weight is 728 g/mol. The normalized spacial score (nSPS) is 13.2. The summed E-state index contributed by atoms with van der Waals surface area (Å²) in [7, 11) is 0. The number of benzene rings is 4. The molecule has 4 aromatic carbocycles. The lowest BCUT2D eigenvalue weighted by molar-refractivity contribution is 0.0910. The number of fused-ring (bicyclic) bond motifs is 2. The second-order valence-electron chi connectivity index (χ2n) is 13.0. The molecule has 0 spiro atoms. The minimum atomic E-state index is -0.546. The Bertz CT molecular complexity index is 2410. The first-order valence-corrected chi connectivity index (χ1v) is 17.0. The molecule has 0 saturated carbocycles. The van der Waals surface area contributed by atoms with Crippen molar-refractivity contribution in [2.45, 2.75) is 12.8 Å². The number of hydrogen-bond donors (Lipinski definition) is 3. The van der Waals surface area contributed by atoms with Crippen LogP contribution < -0.4 is 26.6 Å². The summed E-state index contributed by atoms with van der Waals surface area (Å²) in [6.07, 6.45) is 3.39. The van der Waals surface area contributed by atoms with E-state index in [2.05, 4.69) is 15.3 Å². The standard InChI is InChI=1S/C42H29N7O6/c43-27-7-9-29(45-21-27)20-36(50)25-5-14-32-34(18-25)41(54)48(39(32)52)30-10-1-23(2-11-30)17-24-3-12-31(13-4-24)49-40(53)33-15-6-26(19-35(33)42(49)55)38(51)47-37-16-8-28(44)22-46-37/h1-16,18-19,21-22H,17,20,43-44H2,(H,46,47,51). The summed E-state index contributed by atoms with van der Waals surface area (Å²) in [4.78, 5) is 89.6. The number of carbonyl (C=O) groups excluding carboxylic acids is 6. The number of hydrogen-bond acceptors (Lipinski definition) is 10. The van der Waals surface area contributed by atoms with Gasteiger partial charge in [-0.3, -0.25) is 33.8 Å². The fourth-order valence-corrected chi connectivity index (χ4v) is 6.50. The Hall–Kier alpha value is -7.80. The summed E-state index contributed by atoms with van der Waals surface area (Å²) in [5, 5.41) is 2.65. The fourth-order valence-electron chi connectivity index (χ4n) is 6.50. The Morgan fingerprint density at radius 3 is 1.55 bits per heavy atom. The van der Waals surface area contributed by atoms with Crippen LogP contribution in [0.15, 0.2) is 122 Å². The van der Waals surface area contributed by atoms with E-state index in [1.54, 1.807) is 60.7 Å². The average Bonchev–Trinajstić information content (AvgIpc) is 3.60. The topological polar surface area (TPSA) is 199 Å². The zero-order valence-corrected chi connectivity index (χ0v) is 28.9. The number of Topliss-reactive ketones (excluding diaryl/α,β-unsaturated/α-hetero) is 1. The van der Waals surface area contributed by atoms with E-state index >= 15 is 0 Å². The number of nitrogens with one attached hydrogen (secondary N) is 1. The van der Waals surface area contributed by atoms with E-state index in [0.29, 0.717) is 40.4 Å². The maximum atomic E-state index is 13.4. The van der Waals surface area contributed by atoms with Crippen LogP contribution in [0.2, 0.25) is 0 Å². The number of amides is 5. The second kappa shape index (κ2) is 13.6. The monoisotopic (exact) mass is 727 g/mol. The highest BCUT2D eigenvalue weighted by molar-refractivity contribution is 6.35. The van der Waals surface area contributed by atoms with Crippen LogP contribution in [0.1, 0.15) is 79.0 Å². The van der Waals surface area contributed by atoms with Crippen molar-refractivity contribution in [3.05, 3.63) is 172 Å². The predicted molar refractivity (Wildman–Crippen MR) is 204 cm³/mol. The van der Waals surface area contributed by atoms with Crippen molar-refractivity contribution >= 4 is 63.9 Å². The number of anilines is 5. The lowest BCUT2D eigenvalue weighted by Gasteiger charge is -2.15. The van der Waals surface area contributed by atoms with E-state index in [-0.39, 0.29) is 45.8 Å². The summed E-state index contributed by atoms with van der Waals surface area (Å²) in [5.74, 6) is -2.50. The van der Waals surface area contributed by atoms with Gasteiger partial charge in [-0.1, -0.05) is 30.3 Å². The number of ketones is 1. The number of carbonyl (C=O) groups is 6. The predicted octanol–water partition coefficient (Wildman–Crippen LogP) is 5.51. The highest BCUT2D eigenvalue weighted by atomic mass is 16.2. The molecular weight excluding hydrogens is 699 g/mol. The zero-order valence-electron chi connectivity index (χ0n) is 28.9. The summed E-state index contributed by atoms with van der Waals surface area (Å²) >= 11 is 0. The molecule has 8 rings (SSSR count). The largest absolute Gasteiger partial charge is 0.397 e. The Balaban J connectivity index is 0.918. The van der Waals surface area contributed by atoms with E-state index < -0.39 is 29.5 Å². The molecule has 0 aliphatic carbocycles. The molecule has 55 heavy (non-hydrogen) atoms. The molecule has 4 heterocycles. The maximum absolute atomic E-state index is 13.4. The number of imide groups is 2. The summed E-state index contributed by atoms with van der Waals surface area (Å²) in [6.45, 7) is 0. The van der Waals surface area contributed by atoms with Gasteiger partial charge in [0.1, 0.15) is 5.82 Å². The molecule has 0 saturated heterocycles. The molecular formula is C42H29N7O6. The van der Waals surface area contributed by atoms with Crippen molar-refractivity contribution in [1.29, 1.82) is 0 Å². The van der Waals surface area contributed by atoms with Crippen molar-refractivity contribution in [2.75, 3.05) is 26.6 Å². The van der Waals surface area contributed by atoms with E-state index in [0.717, 1.165) is 20.9 Å². The molecule has 2 aromatic heterocycles. The van der Waals surface area contributed by atoms with E-state index in [4.69, 9.17) is 11.5 Å². The van der Waals surface area contributed by atoms with E-state index in [1.165, 1.54) is 48.8 Å². The SMILES string of the molecule is Nc1ccc(CC(=O)c2ccc3c(c2)C(=O)N(c2ccc(Cc4ccc(N5C(=O)c6ccc(C(=O)Nc7ccc(N)cn7)cc6C5=O)cc4)cc2)C3=O)nc1. The van der Waals surface area contributed by atoms with Gasteiger partial charge in [0.15, 0.2) is 5.78 Å². The summed E-state index contributed by atoms with van der Waals surface area (Å²) < 4.78 is 0. The molecule has 0 bridgehead atoms. The summed E-state index contributed by atoms with van der Waals surface area (Å²) in [6, 6.07) is 29.2. The van der Waals surface area contributed by atoms with Crippen molar-refractivity contribution in [3.8, 4) is 0 Å². The number of aromatic nitrogens is 2. The number of nitrogen functional groups attached to an aromatic ring is 2. The summed E-state index contributed by atoms with van der Waals surface area (Å²) in [5.41, 5.74) is 16.5. The molecule has 268 valence electrons. The van der Waals surface area contributed by atoms with Crippen molar-refractivity contribution < 1.29 is 28.8 Å². The smallest absolute Gasteiger partial charge is 0.266 e. The molecule has 5 amide bonds. The van der Waals surface area contributed by atoms with Crippen LogP contribution in [-0.4, -0.2) is 45.3 Å². The first-order valence-electron chi connectivity index (χ1n) is 17.0. The molecule has 2 aliphatic rings. The number of pyridine rings is 2. The molecule has 5 N–H and O–H groups in total. The van der Waals surface area contributed by atoms with Gasteiger partial charge in [0.05, 0.1) is 63.8 Å². The molecule has 0 radical (unpaired) electrons. The number of rotatable bonds is 9. The molecule has 0 fully saturated rings. The Labute approximate surface area is 313 Å². The lowest BCUT2D eigenvalue weighted by Crippen LogP contribution is -2.29. The highest BCUT2D eigenvalue weighted by Crippen LogP contribution is 2.32.